The van der Waals surface area contributed by atoms with Gasteiger partial charge < -0.3 is 16.0 Å². The van der Waals surface area contributed by atoms with Crippen LogP contribution in [0.3, 0.4) is 0 Å². The fraction of sp³-hybridized carbons (Fsp3) is 0.478. The second-order valence-corrected chi connectivity index (χ2v) is 9.03. The minimum absolute atomic E-state index is 0.0803. The highest BCUT2D eigenvalue weighted by atomic mass is 19.2. The van der Waals surface area contributed by atoms with Crippen molar-refractivity contribution in [1.29, 1.82) is 0 Å². The molecule has 2 atom stereocenters. The van der Waals surface area contributed by atoms with Crippen molar-refractivity contribution in [1.82, 2.24) is 10.3 Å². The first-order valence-electron chi connectivity index (χ1n) is 10.5. The molecule has 1 aromatic heterocycles. The lowest BCUT2D eigenvalue weighted by molar-refractivity contribution is 0.0936. The summed E-state index contributed by atoms with van der Waals surface area (Å²) in [5.41, 5.74) is 8.87. The molecule has 7 heteroatoms. The highest BCUT2D eigenvalue weighted by Gasteiger charge is 2.35. The van der Waals surface area contributed by atoms with E-state index in [1.807, 2.05) is 20.8 Å². The van der Waals surface area contributed by atoms with Gasteiger partial charge in [-0.2, -0.15) is 0 Å². The summed E-state index contributed by atoms with van der Waals surface area (Å²) >= 11 is 0. The summed E-state index contributed by atoms with van der Waals surface area (Å²) in [7, 11) is 0. The number of anilines is 1. The quantitative estimate of drug-likeness (QED) is 0.781. The summed E-state index contributed by atoms with van der Waals surface area (Å²) < 4.78 is 27.6. The molecular weight excluding hydrogens is 386 g/mol. The van der Waals surface area contributed by atoms with Crippen LogP contribution in [0.1, 0.15) is 49.2 Å². The van der Waals surface area contributed by atoms with Crippen LogP contribution >= 0.6 is 0 Å². The third kappa shape index (κ3) is 4.03. The maximum atomic E-state index is 14.0. The van der Waals surface area contributed by atoms with Gasteiger partial charge in [-0.05, 0) is 63.6 Å². The summed E-state index contributed by atoms with van der Waals surface area (Å²) in [6, 6.07) is 3.87. The minimum atomic E-state index is -0.930. The van der Waals surface area contributed by atoms with E-state index in [0.29, 0.717) is 47.1 Å². The van der Waals surface area contributed by atoms with Gasteiger partial charge in [0.25, 0.3) is 5.91 Å². The summed E-state index contributed by atoms with van der Waals surface area (Å²) in [5, 5.41) is 3.09. The smallest absolute Gasteiger partial charge is 0.255 e. The number of benzene rings is 1. The van der Waals surface area contributed by atoms with Crippen LogP contribution in [0.4, 0.5) is 14.5 Å². The molecular formula is C23H28F2N4O. The van der Waals surface area contributed by atoms with Gasteiger partial charge in [0.1, 0.15) is 0 Å². The van der Waals surface area contributed by atoms with Crippen molar-refractivity contribution in [3.63, 3.8) is 0 Å². The molecule has 0 bridgehead atoms. The lowest BCUT2D eigenvalue weighted by Gasteiger charge is -2.28. The van der Waals surface area contributed by atoms with Crippen LogP contribution < -0.4 is 16.0 Å². The SMILES string of the molecule is Cc1ncc(C(=O)NC(C)C2CC2)c(N2CC[C@](C)(N)C2)c1-c1ccc(F)c(F)c1. The number of nitrogens with one attached hydrogen (secondary N) is 1. The van der Waals surface area contributed by atoms with E-state index in [0.717, 1.165) is 31.4 Å². The lowest BCUT2D eigenvalue weighted by atomic mass is 9.97. The molecule has 1 amide bonds. The fourth-order valence-corrected chi connectivity index (χ4v) is 4.26. The molecule has 1 saturated carbocycles. The van der Waals surface area contributed by atoms with Crippen LogP contribution in [0.15, 0.2) is 24.4 Å². The largest absolute Gasteiger partial charge is 0.368 e. The first-order chi connectivity index (χ1) is 14.2. The number of nitrogens with zero attached hydrogens (tertiary/aromatic N) is 2. The van der Waals surface area contributed by atoms with Gasteiger partial charge >= 0.3 is 0 Å². The molecule has 1 saturated heterocycles. The monoisotopic (exact) mass is 414 g/mol. The number of aromatic nitrogens is 1. The van der Waals surface area contributed by atoms with Crippen molar-refractivity contribution in [3.05, 3.63) is 47.3 Å². The van der Waals surface area contributed by atoms with E-state index in [4.69, 9.17) is 5.73 Å². The first kappa shape index (κ1) is 20.7. The molecule has 2 aromatic rings. The van der Waals surface area contributed by atoms with Crippen LogP contribution in [0, 0.1) is 24.5 Å². The normalized spacial score (nSPS) is 22.3. The molecule has 2 aliphatic rings. The number of carbonyl (C=O) groups excluding carboxylic acids is 1. The highest BCUT2D eigenvalue weighted by Crippen LogP contribution is 2.39. The summed E-state index contributed by atoms with van der Waals surface area (Å²) in [5.74, 6) is -1.53. The maximum Gasteiger partial charge on any atom is 0.255 e. The van der Waals surface area contributed by atoms with Gasteiger partial charge in [0, 0.05) is 42.1 Å². The zero-order chi connectivity index (χ0) is 21.6. The standard InChI is InChI=1S/C23H28F2N4O/c1-13(15-4-5-15)28-22(30)17-11-27-14(2)20(16-6-7-18(24)19(25)10-16)21(17)29-9-8-23(3,26)12-29/h6-7,10-11,13,15H,4-5,8-9,12,26H2,1-3H3,(H,28,30)/t13?,23-/m0/s1. The fourth-order valence-electron chi connectivity index (χ4n) is 4.26. The molecule has 1 aliphatic carbocycles. The van der Waals surface area contributed by atoms with Gasteiger partial charge in [0.15, 0.2) is 11.6 Å². The molecule has 3 N–H and O–H groups in total. The topological polar surface area (TPSA) is 71.2 Å². The Morgan fingerprint density at radius 2 is 2.07 bits per heavy atom. The van der Waals surface area contributed by atoms with E-state index < -0.39 is 17.2 Å². The van der Waals surface area contributed by atoms with Gasteiger partial charge in [-0.3, -0.25) is 9.78 Å². The Kier molecular flexibility index (Phi) is 5.26. The van der Waals surface area contributed by atoms with Crippen LogP contribution in [0.5, 0.6) is 0 Å². The van der Waals surface area contributed by atoms with Gasteiger partial charge in [-0.15, -0.1) is 0 Å². The maximum absolute atomic E-state index is 14.0. The summed E-state index contributed by atoms with van der Waals surface area (Å²) in [4.78, 5) is 19.7. The zero-order valence-electron chi connectivity index (χ0n) is 17.6. The van der Waals surface area contributed by atoms with Crippen LogP contribution in [-0.4, -0.2) is 35.6 Å². The Labute approximate surface area is 175 Å². The van der Waals surface area contributed by atoms with E-state index in [1.165, 1.54) is 6.07 Å². The number of carbonyl (C=O) groups is 1. The average Bonchev–Trinajstić information content (AvgIpc) is 3.47. The molecule has 0 spiro atoms. The molecule has 4 rings (SSSR count). The van der Waals surface area contributed by atoms with Gasteiger partial charge in [-0.25, -0.2) is 8.78 Å². The van der Waals surface area contributed by atoms with Crippen LogP contribution in [-0.2, 0) is 0 Å². The number of halogens is 2. The molecule has 2 heterocycles. The molecule has 0 radical (unpaired) electrons. The third-order valence-electron chi connectivity index (χ3n) is 6.20. The Balaban J connectivity index is 1.83. The molecule has 1 aromatic carbocycles. The Morgan fingerprint density at radius 3 is 2.67 bits per heavy atom. The Bertz CT molecular complexity index is 987. The predicted octanol–water partition coefficient (Wildman–Crippen LogP) is 3.79. The average molecular weight is 415 g/mol. The van der Waals surface area contributed by atoms with Crippen molar-refractivity contribution < 1.29 is 13.6 Å². The molecule has 1 unspecified atom stereocenters. The van der Waals surface area contributed by atoms with Crippen molar-refractivity contribution in [2.45, 2.75) is 51.6 Å². The second kappa shape index (κ2) is 7.61. The van der Waals surface area contributed by atoms with E-state index in [1.54, 1.807) is 6.20 Å². The van der Waals surface area contributed by atoms with E-state index in [9.17, 15) is 13.6 Å². The molecule has 1 aliphatic heterocycles. The van der Waals surface area contributed by atoms with Crippen LogP contribution in [0.25, 0.3) is 11.1 Å². The summed E-state index contributed by atoms with van der Waals surface area (Å²) in [6.45, 7) is 7.04. The third-order valence-corrected chi connectivity index (χ3v) is 6.20. The van der Waals surface area contributed by atoms with Crippen molar-refractivity contribution in [2.75, 3.05) is 18.0 Å². The Hall–Kier alpha value is -2.54. The van der Waals surface area contributed by atoms with Crippen molar-refractivity contribution >= 4 is 11.6 Å². The molecule has 30 heavy (non-hydrogen) atoms. The minimum Gasteiger partial charge on any atom is -0.368 e. The number of aryl methyl sites for hydroxylation is 1. The van der Waals surface area contributed by atoms with Gasteiger partial charge in [-0.1, -0.05) is 6.07 Å². The predicted molar refractivity (Wildman–Crippen MR) is 113 cm³/mol. The first-order valence-corrected chi connectivity index (χ1v) is 10.5. The highest BCUT2D eigenvalue weighted by molar-refractivity contribution is 6.03. The summed E-state index contributed by atoms with van der Waals surface area (Å²) in [6.07, 6.45) is 4.59. The lowest BCUT2D eigenvalue weighted by Crippen LogP contribution is -2.40. The number of rotatable bonds is 5. The van der Waals surface area contributed by atoms with Crippen molar-refractivity contribution in [3.8, 4) is 11.1 Å². The van der Waals surface area contributed by atoms with Gasteiger partial charge in [0.2, 0.25) is 0 Å². The molecule has 5 nitrogen and oxygen atoms in total. The number of hydrogen-bond acceptors (Lipinski definition) is 4. The van der Waals surface area contributed by atoms with Crippen molar-refractivity contribution in [2.24, 2.45) is 11.7 Å². The van der Waals surface area contributed by atoms with Crippen LogP contribution in [0.2, 0.25) is 0 Å². The van der Waals surface area contributed by atoms with E-state index >= 15 is 0 Å². The Morgan fingerprint density at radius 1 is 1.33 bits per heavy atom. The zero-order valence-corrected chi connectivity index (χ0v) is 17.6. The van der Waals surface area contributed by atoms with Gasteiger partial charge in [0.05, 0.1) is 11.3 Å². The molecule has 2 fully saturated rings. The number of amides is 1. The number of hydrogen-bond donors (Lipinski definition) is 2. The second-order valence-electron chi connectivity index (χ2n) is 9.03. The molecule has 160 valence electrons. The number of nitrogens with two attached hydrogens (primary N) is 1. The number of pyridine rings is 1. The van der Waals surface area contributed by atoms with E-state index in [-0.39, 0.29) is 11.9 Å². The van der Waals surface area contributed by atoms with E-state index in [2.05, 4.69) is 15.2 Å².